The molecule has 1 aromatic carbocycles. The molecule has 1 rings (SSSR count). The van der Waals surface area contributed by atoms with Crippen LogP contribution in [0.5, 0.6) is 5.75 Å². The van der Waals surface area contributed by atoms with Crippen LogP contribution in [0.3, 0.4) is 0 Å². The van der Waals surface area contributed by atoms with Gasteiger partial charge in [0.25, 0.3) is 0 Å². The Bertz CT molecular complexity index is 383. The topological polar surface area (TPSA) is 55.4 Å². The van der Waals surface area contributed by atoms with Crippen LogP contribution in [0.2, 0.25) is 0 Å². The van der Waals surface area contributed by atoms with Crippen molar-refractivity contribution in [3.63, 3.8) is 0 Å². The van der Waals surface area contributed by atoms with Crippen molar-refractivity contribution in [2.24, 2.45) is 0 Å². The third-order valence-electron chi connectivity index (χ3n) is 1.70. The third kappa shape index (κ3) is 2.46. The fourth-order valence-electron chi connectivity index (χ4n) is 1.03. The number of nitrogens with one attached hydrogen (secondary N) is 1. The molecule has 4 nitrogen and oxygen atoms in total. The summed E-state index contributed by atoms with van der Waals surface area (Å²) in [4.78, 5) is 0.250. The second-order valence-corrected chi connectivity index (χ2v) is 4.44. The largest absolute Gasteiger partial charge is 0.497 e. The van der Waals surface area contributed by atoms with Crippen molar-refractivity contribution < 1.29 is 13.2 Å². The van der Waals surface area contributed by atoms with E-state index in [2.05, 4.69) is 4.72 Å². The van der Waals surface area contributed by atoms with Gasteiger partial charge in [0.1, 0.15) is 5.75 Å². The molecule has 14 heavy (non-hydrogen) atoms. The first-order valence-corrected chi connectivity index (χ1v) is 5.72. The van der Waals surface area contributed by atoms with E-state index in [4.69, 9.17) is 4.74 Å². The summed E-state index contributed by atoms with van der Waals surface area (Å²) in [5.74, 6) is 0.639. The normalized spacial score (nSPS) is 11.3. The summed E-state index contributed by atoms with van der Waals surface area (Å²) in [5.41, 5.74) is 0. The van der Waals surface area contributed by atoms with Crippen molar-refractivity contribution >= 4 is 10.0 Å². The van der Waals surface area contributed by atoms with Crippen molar-refractivity contribution in [1.29, 1.82) is 0 Å². The molecule has 0 atom stereocenters. The lowest BCUT2D eigenvalue weighted by molar-refractivity contribution is 0.414. The summed E-state index contributed by atoms with van der Waals surface area (Å²) >= 11 is 0. The lowest BCUT2D eigenvalue weighted by Gasteiger charge is -2.04. The average molecular weight is 215 g/mol. The van der Waals surface area contributed by atoms with Gasteiger partial charge in [-0.15, -0.1) is 0 Å². The van der Waals surface area contributed by atoms with Crippen LogP contribution in [-0.2, 0) is 10.0 Å². The molecule has 0 spiro atoms. The zero-order valence-electron chi connectivity index (χ0n) is 8.15. The number of benzene rings is 1. The summed E-state index contributed by atoms with van der Waals surface area (Å²) in [6.07, 6.45) is 0. The number of methoxy groups -OCH3 is 1. The van der Waals surface area contributed by atoms with Gasteiger partial charge in [-0.2, -0.15) is 0 Å². The Kier molecular flexibility index (Phi) is 3.49. The minimum absolute atomic E-state index is 0.250. The molecule has 0 aliphatic rings. The van der Waals surface area contributed by atoms with Gasteiger partial charge in [-0.1, -0.05) is 6.92 Å². The summed E-state index contributed by atoms with van der Waals surface area (Å²) in [6.45, 7) is 2.12. The zero-order valence-corrected chi connectivity index (χ0v) is 8.97. The quantitative estimate of drug-likeness (QED) is 0.815. The van der Waals surface area contributed by atoms with Crippen molar-refractivity contribution in [2.75, 3.05) is 13.7 Å². The maximum absolute atomic E-state index is 11.5. The van der Waals surface area contributed by atoms with E-state index < -0.39 is 10.0 Å². The number of rotatable bonds is 4. The van der Waals surface area contributed by atoms with E-state index >= 15 is 0 Å². The van der Waals surface area contributed by atoms with E-state index in [1.54, 1.807) is 19.1 Å². The first kappa shape index (κ1) is 11.0. The van der Waals surface area contributed by atoms with Gasteiger partial charge in [0.15, 0.2) is 0 Å². The lowest BCUT2D eigenvalue weighted by atomic mass is 10.3. The molecule has 78 valence electrons. The fraction of sp³-hybridized carbons (Fsp3) is 0.333. The standard InChI is InChI=1S/C9H13NO3S/c1-3-10-14(11,12)9-6-4-8(13-2)5-7-9/h4-7,10H,3H2,1-2H3. The molecule has 0 aliphatic carbocycles. The van der Waals surface area contributed by atoms with Gasteiger partial charge in [-0.05, 0) is 24.3 Å². The van der Waals surface area contributed by atoms with Crippen LogP contribution in [0.1, 0.15) is 6.92 Å². The van der Waals surface area contributed by atoms with E-state index in [-0.39, 0.29) is 4.90 Å². The van der Waals surface area contributed by atoms with Crippen LogP contribution in [0, 0.1) is 0 Å². The SMILES string of the molecule is CCNS(=O)(=O)c1ccc(OC)cc1. The highest BCUT2D eigenvalue weighted by atomic mass is 32.2. The fourth-order valence-corrected chi connectivity index (χ4v) is 2.07. The molecule has 0 fully saturated rings. The van der Waals surface area contributed by atoms with Crippen molar-refractivity contribution in [3.05, 3.63) is 24.3 Å². The van der Waals surface area contributed by atoms with Crippen LogP contribution in [0.25, 0.3) is 0 Å². The van der Waals surface area contributed by atoms with Gasteiger partial charge >= 0.3 is 0 Å². The maximum atomic E-state index is 11.5. The molecule has 1 N–H and O–H groups in total. The van der Waals surface area contributed by atoms with Crippen molar-refractivity contribution in [2.45, 2.75) is 11.8 Å². The van der Waals surface area contributed by atoms with E-state index in [0.717, 1.165) is 0 Å². The Hall–Kier alpha value is -1.07. The van der Waals surface area contributed by atoms with Gasteiger partial charge in [-0.25, -0.2) is 13.1 Å². The van der Waals surface area contributed by atoms with E-state index in [9.17, 15) is 8.42 Å². The first-order valence-electron chi connectivity index (χ1n) is 4.24. The predicted octanol–water partition coefficient (Wildman–Crippen LogP) is 0.993. The lowest BCUT2D eigenvalue weighted by Crippen LogP contribution is -2.22. The number of sulfonamides is 1. The van der Waals surface area contributed by atoms with Gasteiger partial charge in [-0.3, -0.25) is 0 Å². The Morgan fingerprint density at radius 2 is 1.86 bits per heavy atom. The predicted molar refractivity (Wildman–Crippen MR) is 53.9 cm³/mol. The van der Waals surface area contributed by atoms with Crippen LogP contribution in [0.4, 0.5) is 0 Å². The molecule has 0 amide bonds. The van der Waals surface area contributed by atoms with Crippen molar-refractivity contribution in [3.8, 4) is 5.75 Å². The molecule has 0 unspecified atom stereocenters. The van der Waals surface area contributed by atoms with Crippen LogP contribution >= 0.6 is 0 Å². The third-order valence-corrected chi connectivity index (χ3v) is 3.27. The molecule has 0 saturated carbocycles. The molecule has 0 aliphatic heterocycles. The molecular weight excluding hydrogens is 202 g/mol. The molecule has 0 saturated heterocycles. The second kappa shape index (κ2) is 4.43. The highest BCUT2D eigenvalue weighted by Crippen LogP contribution is 2.14. The van der Waals surface area contributed by atoms with Gasteiger partial charge < -0.3 is 4.74 Å². The highest BCUT2D eigenvalue weighted by Gasteiger charge is 2.11. The number of hydrogen-bond acceptors (Lipinski definition) is 3. The Labute approximate surface area is 84.0 Å². The Balaban J connectivity index is 2.97. The number of hydrogen-bond donors (Lipinski definition) is 1. The molecular formula is C9H13NO3S. The highest BCUT2D eigenvalue weighted by molar-refractivity contribution is 7.89. The van der Waals surface area contributed by atoms with E-state index in [1.807, 2.05) is 0 Å². The van der Waals surface area contributed by atoms with Crippen LogP contribution in [0.15, 0.2) is 29.2 Å². The minimum atomic E-state index is -3.34. The van der Waals surface area contributed by atoms with Crippen LogP contribution in [-0.4, -0.2) is 22.1 Å². The summed E-state index contributed by atoms with van der Waals surface area (Å²) in [6, 6.07) is 6.25. The zero-order chi connectivity index (χ0) is 10.6. The molecule has 0 bridgehead atoms. The monoisotopic (exact) mass is 215 g/mol. The van der Waals surface area contributed by atoms with E-state index in [1.165, 1.54) is 19.2 Å². The maximum Gasteiger partial charge on any atom is 0.240 e. The molecule has 1 aromatic rings. The molecule has 5 heteroatoms. The van der Waals surface area contributed by atoms with Gasteiger partial charge in [0, 0.05) is 6.54 Å². The summed E-state index contributed by atoms with van der Waals surface area (Å²) in [7, 11) is -1.81. The summed E-state index contributed by atoms with van der Waals surface area (Å²) in [5, 5.41) is 0. The van der Waals surface area contributed by atoms with E-state index in [0.29, 0.717) is 12.3 Å². The first-order chi connectivity index (χ1) is 6.60. The molecule has 0 aromatic heterocycles. The average Bonchev–Trinajstić information content (AvgIpc) is 2.18. The Morgan fingerprint density at radius 1 is 1.29 bits per heavy atom. The Morgan fingerprint density at radius 3 is 2.29 bits per heavy atom. The van der Waals surface area contributed by atoms with Crippen LogP contribution < -0.4 is 9.46 Å². The minimum Gasteiger partial charge on any atom is -0.497 e. The van der Waals surface area contributed by atoms with Gasteiger partial charge in [0.2, 0.25) is 10.0 Å². The smallest absolute Gasteiger partial charge is 0.240 e. The second-order valence-electron chi connectivity index (χ2n) is 2.68. The molecule has 0 radical (unpaired) electrons. The molecule has 0 heterocycles. The number of ether oxygens (including phenoxy) is 1. The van der Waals surface area contributed by atoms with Gasteiger partial charge in [0.05, 0.1) is 12.0 Å². The summed E-state index contributed by atoms with van der Waals surface area (Å²) < 4.78 is 30.3. The van der Waals surface area contributed by atoms with Crippen molar-refractivity contribution in [1.82, 2.24) is 4.72 Å².